The van der Waals surface area contributed by atoms with Gasteiger partial charge >= 0.3 is 0 Å². The van der Waals surface area contributed by atoms with Gasteiger partial charge in [0.15, 0.2) is 11.5 Å². The number of ether oxygens (including phenoxy) is 2. The van der Waals surface area contributed by atoms with Crippen molar-refractivity contribution < 1.29 is 13.9 Å². The van der Waals surface area contributed by atoms with Gasteiger partial charge in [-0.25, -0.2) is 0 Å². The molecule has 0 N–H and O–H groups in total. The van der Waals surface area contributed by atoms with Crippen molar-refractivity contribution in [1.29, 1.82) is 0 Å². The van der Waals surface area contributed by atoms with Crippen LogP contribution in [0.4, 0.5) is 0 Å². The second-order valence-corrected chi connectivity index (χ2v) is 7.84. The molecule has 4 rings (SSSR count). The van der Waals surface area contributed by atoms with Crippen molar-refractivity contribution in [3.63, 3.8) is 0 Å². The van der Waals surface area contributed by atoms with Crippen molar-refractivity contribution in [2.75, 3.05) is 6.79 Å². The molecular formula is C19H17BrN2O3S. The Morgan fingerprint density at radius 2 is 1.88 bits per heavy atom. The van der Waals surface area contributed by atoms with Gasteiger partial charge in [-0.1, -0.05) is 64.9 Å². The van der Waals surface area contributed by atoms with Crippen LogP contribution in [0.3, 0.4) is 0 Å². The highest BCUT2D eigenvalue weighted by molar-refractivity contribution is 9.10. The van der Waals surface area contributed by atoms with E-state index in [1.54, 1.807) is 0 Å². The number of fused-ring (bicyclic) bond motifs is 1. The second kappa shape index (κ2) is 7.72. The van der Waals surface area contributed by atoms with Gasteiger partial charge in [0.2, 0.25) is 12.7 Å². The summed E-state index contributed by atoms with van der Waals surface area (Å²) < 4.78 is 17.6. The summed E-state index contributed by atoms with van der Waals surface area (Å²) in [5.41, 5.74) is 2.36. The molecule has 5 nitrogen and oxygen atoms in total. The first-order valence-electron chi connectivity index (χ1n) is 8.27. The summed E-state index contributed by atoms with van der Waals surface area (Å²) >= 11 is 5.08. The van der Waals surface area contributed by atoms with Crippen LogP contribution >= 0.6 is 27.7 Å². The largest absolute Gasteiger partial charge is 0.454 e. The predicted octanol–water partition coefficient (Wildman–Crippen LogP) is 5.20. The van der Waals surface area contributed by atoms with Gasteiger partial charge in [-0.05, 0) is 29.2 Å². The average molecular weight is 433 g/mol. The molecule has 1 aliphatic heterocycles. The van der Waals surface area contributed by atoms with E-state index in [1.165, 1.54) is 17.3 Å². The Hall–Kier alpha value is -1.99. The van der Waals surface area contributed by atoms with Crippen molar-refractivity contribution in [2.45, 2.75) is 30.2 Å². The summed E-state index contributed by atoms with van der Waals surface area (Å²) in [4.78, 5) is 0. The van der Waals surface area contributed by atoms with E-state index in [0.29, 0.717) is 22.8 Å². The predicted molar refractivity (Wildman–Crippen MR) is 103 cm³/mol. The first-order chi connectivity index (χ1) is 12.7. The molecule has 1 unspecified atom stereocenters. The van der Waals surface area contributed by atoms with E-state index in [-0.39, 0.29) is 6.79 Å². The third kappa shape index (κ3) is 3.88. The van der Waals surface area contributed by atoms with Crippen LogP contribution in [0.1, 0.15) is 29.9 Å². The maximum atomic E-state index is 5.80. The van der Waals surface area contributed by atoms with Gasteiger partial charge in [-0.15, -0.1) is 10.2 Å². The number of halogens is 1. The van der Waals surface area contributed by atoms with Crippen LogP contribution in [0.25, 0.3) is 0 Å². The summed E-state index contributed by atoms with van der Waals surface area (Å²) in [6.07, 6.45) is 0.727. The Kier molecular flexibility index (Phi) is 5.17. The Morgan fingerprint density at radius 1 is 1.12 bits per heavy atom. The lowest BCUT2D eigenvalue weighted by Gasteiger charge is -2.08. The minimum Gasteiger partial charge on any atom is -0.454 e. The van der Waals surface area contributed by atoms with Crippen LogP contribution < -0.4 is 9.47 Å². The zero-order valence-corrected chi connectivity index (χ0v) is 16.5. The fraction of sp³-hybridized carbons (Fsp3) is 0.263. The molecule has 0 spiro atoms. The lowest BCUT2D eigenvalue weighted by molar-refractivity contribution is 0.174. The fourth-order valence-corrected chi connectivity index (χ4v) is 4.17. The Labute approximate surface area is 164 Å². The molecule has 134 valence electrons. The van der Waals surface area contributed by atoms with Gasteiger partial charge in [0.1, 0.15) is 0 Å². The van der Waals surface area contributed by atoms with Gasteiger partial charge in [0.05, 0.1) is 0 Å². The molecule has 0 aliphatic carbocycles. The van der Waals surface area contributed by atoms with Crippen molar-refractivity contribution in [3.05, 3.63) is 64.0 Å². The van der Waals surface area contributed by atoms with Crippen molar-refractivity contribution >= 4 is 27.7 Å². The number of aromatic nitrogens is 2. The molecule has 3 aromatic rings. The van der Waals surface area contributed by atoms with E-state index in [2.05, 4.69) is 45.2 Å². The normalized spacial score (nSPS) is 13.8. The van der Waals surface area contributed by atoms with E-state index in [0.717, 1.165) is 28.0 Å². The van der Waals surface area contributed by atoms with Crippen LogP contribution in [0.5, 0.6) is 11.5 Å². The third-order valence-corrected chi connectivity index (χ3v) is 5.80. The highest BCUT2D eigenvalue weighted by atomic mass is 79.9. The molecule has 0 saturated heterocycles. The minimum atomic E-state index is 0.269. The van der Waals surface area contributed by atoms with E-state index in [1.807, 2.05) is 30.3 Å². The highest BCUT2D eigenvalue weighted by Gasteiger charge is 2.17. The zero-order valence-electron chi connectivity index (χ0n) is 14.1. The third-order valence-electron chi connectivity index (χ3n) is 4.19. The Morgan fingerprint density at radius 3 is 2.69 bits per heavy atom. The summed E-state index contributed by atoms with van der Waals surface area (Å²) in [6, 6.07) is 14.3. The van der Waals surface area contributed by atoms with Gasteiger partial charge in [0, 0.05) is 16.6 Å². The molecule has 7 heteroatoms. The lowest BCUT2D eigenvalue weighted by Crippen LogP contribution is -1.98. The maximum Gasteiger partial charge on any atom is 0.276 e. The number of thioether (sulfide) groups is 1. The van der Waals surface area contributed by atoms with Crippen molar-refractivity contribution in [1.82, 2.24) is 10.2 Å². The number of hydrogen-bond acceptors (Lipinski definition) is 6. The second-order valence-electron chi connectivity index (χ2n) is 6.06. The van der Waals surface area contributed by atoms with Gasteiger partial charge in [-0.2, -0.15) is 0 Å². The zero-order chi connectivity index (χ0) is 17.9. The van der Waals surface area contributed by atoms with Gasteiger partial charge in [0.25, 0.3) is 5.22 Å². The van der Waals surface area contributed by atoms with Gasteiger partial charge in [-0.3, -0.25) is 0 Å². The number of benzene rings is 2. The molecule has 0 fully saturated rings. The standard InChI is InChI=1S/C19H17BrN2O3S/c1-12(13-5-3-2-4-6-13)7-18-21-22-19(25-18)26-10-14-8-16-17(9-15(14)20)24-11-23-16/h2-6,8-9,12H,7,10-11H2,1H3. The molecule has 1 atom stereocenters. The average Bonchev–Trinajstić information content (AvgIpc) is 3.29. The van der Waals surface area contributed by atoms with Crippen LogP contribution in [0.2, 0.25) is 0 Å². The van der Waals surface area contributed by atoms with Crippen LogP contribution in [0, 0.1) is 0 Å². The van der Waals surface area contributed by atoms with Crippen molar-refractivity contribution in [2.24, 2.45) is 0 Å². The number of nitrogens with zero attached hydrogens (tertiary/aromatic N) is 2. The first-order valence-corrected chi connectivity index (χ1v) is 10.0. The molecule has 0 radical (unpaired) electrons. The van der Waals surface area contributed by atoms with Gasteiger partial charge < -0.3 is 13.9 Å². The summed E-state index contributed by atoms with van der Waals surface area (Å²) in [7, 11) is 0. The molecule has 0 bridgehead atoms. The minimum absolute atomic E-state index is 0.269. The lowest BCUT2D eigenvalue weighted by atomic mass is 9.98. The van der Waals surface area contributed by atoms with E-state index < -0.39 is 0 Å². The molecule has 1 aliphatic rings. The summed E-state index contributed by atoms with van der Waals surface area (Å²) in [6.45, 7) is 2.43. The molecule has 0 saturated carbocycles. The van der Waals surface area contributed by atoms with Crippen LogP contribution in [0.15, 0.2) is 56.6 Å². The van der Waals surface area contributed by atoms with E-state index in [9.17, 15) is 0 Å². The highest BCUT2D eigenvalue weighted by Crippen LogP contribution is 2.38. The van der Waals surface area contributed by atoms with E-state index in [4.69, 9.17) is 13.9 Å². The molecular weight excluding hydrogens is 416 g/mol. The van der Waals surface area contributed by atoms with Crippen molar-refractivity contribution in [3.8, 4) is 11.5 Å². The smallest absolute Gasteiger partial charge is 0.276 e. The first kappa shape index (κ1) is 17.4. The quantitative estimate of drug-likeness (QED) is 0.498. The monoisotopic (exact) mass is 432 g/mol. The molecule has 1 aromatic heterocycles. The SMILES string of the molecule is CC(Cc1nnc(SCc2cc3c(cc2Br)OCO3)o1)c1ccccc1. The topological polar surface area (TPSA) is 57.4 Å². The molecule has 2 aromatic carbocycles. The molecule has 26 heavy (non-hydrogen) atoms. The summed E-state index contributed by atoms with van der Waals surface area (Å²) in [5, 5.41) is 8.91. The Bertz CT molecular complexity index is 901. The maximum absolute atomic E-state index is 5.80. The van der Waals surface area contributed by atoms with Crippen LogP contribution in [-0.4, -0.2) is 17.0 Å². The summed E-state index contributed by atoms with van der Waals surface area (Å²) in [5.74, 6) is 3.23. The Balaban J connectivity index is 1.38. The van der Waals surface area contributed by atoms with E-state index >= 15 is 0 Å². The number of hydrogen-bond donors (Lipinski definition) is 0. The van der Waals surface area contributed by atoms with Crippen LogP contribution in [-0.2, 0) is 12.2 Å². The number of rotatable bonds is 6. The fourth-order valence-electron chi connectivity index (χ4n) is 2.75. The molecule has 0 amide bonds. The molecule has 2 heterocycles.